The van der Waals surface area contributed by atoms with E-state index in [4.69, 9.17) is 0 Å². The summed E-state index contributed by atoms with van der Waals surface area (Å²) in [5.74, 6) is -0.814. The summed E-state index contributed by atoms with van der Waals surface area (Å²) in [6.45, 7) is 5.28. The molecule has 3 nitrogen and oxygen atoms in total. The number of nitrogens with zero attached hydrogens (tertiary/aromatic N) is 1. The predicted molar refractivity (Wildman–Crippen MR) is 81.3 cm³/mol. The van der Waals surface area contributed by atoms with Gasteiger partial charge in [-0.2, -0.15) is 0 Å². The summed E-state index contributed by atoms with van der Waals surface area (Å²) >= 11 is 3.10. The first-order chi connectivity index (χ1) is 9.61. The van der Waals surface area contributed by atoms with Gasteiger partial charge in [0.15, 0.2) is 0 Å². The molecule has 0 aliphatic carbocycles. The van der Waals surface area contributed by atoms with Crippen LogP contribution in [-0.4, -0.2) is 36.5 Å². The van der Waals surface area contributed by atoms with Crippen molar-refractivity contribution < 1.29 is 9.18 Å². The van der Waals surface area contributed by atoms with E-state index in [-0.39, 0.29) is 17.5 Å². The van der Waals surface area contributed by atoms with Crippen LogP contribution in [0, 0.1) is 5.82 Å². The number of rotatable bonds is 4. The number of benzene rings is 1. The van der Waals surface area contributed by atoms with Crippen molar-refractivity contribution in [3.05, 3.63) is 34.1 Å². The van der Waals surface area contributed by atoms with Crippen LogP contribution in [0.15, 0.2) is 22.7 Å². The molecular weight excluding hydrogens is 323 g/mol. The number of likely N-dealkylation sites (tertiary alicyclic amines) is 1. The number of nitrogens with one attached hydrogen (secondary N) is 1. The second-order valence-electron chi connectivity index (χ2n) is 5.19. The third kappa shape index (κ3) is 3.79. The molecular formula is C15H20BrFN2O. The Hall–Kier alpha value is -0.940. The molecule has 5 heteroatoms. The average Bonchev–Trinajstić information content (AvgIpc) is 2.44. The van der Waals surface area contributed by atoms with Crippen LogP contribution in [0.25, 0.3) is 0 Å². The molecule has 1 aromatic rings. The second kappa shape index (κ2) is 7.18. The Balaban J connectivity index is 1.91. The molecule has 1 aliphatic heterocycles. The van der Waals surface area contributed by atoms with Gasteiger partial charge in [0.05, 0.1) is 10.0 Å². The Bertz CT molecular complexity index is 473. The minimum atomic E-state index is -0.492. The van der Waals surface area contributed by atoms with Crippen LogP contribution in [0.2, 0.25) is 0 Å². The van der Waals surface area contributed by atoms with E-state index in [9.17, 15) is 9.18 Å². The maximum absolute atomic E-state index is 13.9. The van der Waals surface area contributed by atoms with Crippen LogP contribution in [0.5, 0.6) is 0 Å². The minimum absolute atomic E-state index is 0.107. The fraction of sp³-hybridized carbons (Fsp3) is 0.533. The Kier molecular flexibility index (Phi) is 5.54. The summed E-state index contributed by atoms with van der Waals surface area (Å²) in [5, 5.41) is 2.94. The molecule has 1 aromatic carbocycles. The van der Waals surface area contributed by atoms with Crippen molar-refractivity contribution in [2.24, 2.45) is 0 Å². The Morgan fingerprint density at radius 2 is 2.15 bits per heavy atom. The van der Waals surface area contributed by atoms with Crippen molar-refractivity contribution in [2.75, 3.05) is 19.6 Å². The van der Waals surface area contributed by atoms with Gasteiger partial charge in [-0.25, -0.2) is 4.39 Å². The molecule has 0 bridgehead atoms. The molecule has 2 rings (SSSR count). The van der Waals surface area contributed by atoms with Crippen LogP contribution in [0.4, 0.5) is 4.39 Å². The standard InChI is InChI=1S/C15H20BrFN2O/c1-2-8-19-9-6-11(7-10-19)18-15(20)12-4-3-5-13(16)14(12)17/h3-5,11H,2,6-10H2,1H3,(H,18,20). The lowest BCUT2D eigenvalue weighted by atomic mass is 10.0. The third-order valence-corrected chi connectivity index (χ3v) is 4.27. The first kappa shape index (κ1) is 15.4. The van der Waals surface area contributed by atoms with E-state index >= 15 is 0 Å². The van der Waals surface area contributed by atoms with Crippen molar-refractivity contribution in [3.8, 4) is 0 Å². The van der Waals surface area contributed by atoms with Gasteiger partial charge in [0.1, 0.15) is 5.82 Å². The van der Waals surface area contributed by atoms with Crippen molar-refractivity contribution in [2.45, 2.75) is 32.2 Å². The zero-order valence-corrected chi connectivity index (χ0v) is 13.2. The quantitative estimate of drug-likeness (QED) is 0.911. The van der Waals surface area contributed by atoms with Gasteiger partial charge in [-0.3, -0.25) is 4.79 Å². The molecule has 0 unspecified atom stereocenters. The molecule has 20 heavy (non-hydrogen) atoms. The number of piperidine rings is 1. The molecule has 0 aromatic heterocycles. The van der Waals surface area contributed by atoms with Crippen molar-refractivity contribution in [3.63, 3.8) is 0 Å². The lowest BCUT2D eigenvalue weighted by molar-refractivity contribution is 0.0907. The van der Waals surface area contributed by atoms with E-state index in [2.05, 4.69) is 33.1 Å². The maximum Gasteiger partial charge on any atom is 0.254 e. The molecule has 0 saturated carbocycles. The van der Waals surface area contributed by atoms with E-state index in [0.717, 1.165) is 38.9 Å². The van der Waals surface area contributed by atoms with Crippen LogP contribution >= 0.6 is 15.9 Å². The van der Waals surface area contributed by atoms with Gasteiger partial charge < -0.3 is 10.2 Å². The van der Waals surface area contributed by atoms with E-state index in [1.807, 2.05) is 0 Å². The Labute approximate surface area is 127 Å². The van der Waals surface area contributed by atoms with Crippen LogP contribution < -0.4 is 5.32 Å². The largest absolute Gasteiger partial charge is 0.349 e. The summed E-state index contributed by atoms with van der Waals surface area (Å²) in [4.78, 5) is 14.5. The Morgan fingerprint density at radius 1 is 1.45 bits per heavy atom. The Morgan fingerprint density at radius 3 is 2.80 bits per heavy atom. The van der Waals surface area contributed by atoms with Crippen LogP contribution in [-0.2, 0) is 0 Å². The highest BCUT2D eigenvalue weighted by molar-refractivity contribution is 9.10. The molecule has 1 N–H and O–H groups in total. The summed E-state index contributed by atoms with van der Waals surface area (Å²) in [5.41, 5.74) is 0.107. The second-order valence-corrected chi connectivity index (χ2v) is 6.05. The third-order valence-electron chi connectivity index (χ3n) is 3.66. The monoisotopic (exact) mass is 342 g/mol. The smallest absolute Gasteiger partial charge is 0.254 e. The van der Waals surface area contributed by atoms with Crippen molar-refractivity contribution in [1.82, 2.24) is 10.2 Å². The number of hydrogen-bond donors (Lipinski definition) is 1. The van der Waals surface area contributed by atoms with Gasteiger partial charge in [-0.05, 0) is 53.9 Å². The molecule has 1 amide bonds. The highest BCUT2D eigenvalue weighted by Crippen LogP contribution is 2.19. The lowest BCUT2D eigenvalue weighted by Gasteiger charge is -2.32. The molecule has 1 heterocycles. The zero-order valence-electron chi connectivity index (χ0n) is 11.7. The molecule has 1 aliphatic rings. The zero-order chi connectivity index (χ0) is 14.5. The highest BCUT2D eigenvalue weighted by Gasteiger charge is 2.22. The minimum Gasteiger partial charge on any atom is -0.349 e. The van der Waals surface area contributed by atoms with E-state index in [1.165, 1.54) is 6.07 Å². The average molecular weight is 343 g/mol. The van der Waals surface area contributed by atoms with E-state index in [1.54, 1.807) is 12.1 Å². The van der Waals surface area contributed by atoms with Gasteiger partial charge in [-0.15, -0.1) is 0 Å². The van der Waals surface area contributed by atoms with Gasteiger partial charge in [-0.1, -0.05) is 13.0 Å². The first-order valence-corrected chi connectivity index (χ1v) is 7.88. The number of hydrogen-bond acceptors (Lipinski definition) is 2. The molecule has 0 spiro atoms. The van der Waals surface area contributed by atoms with Gasteiger partial charge >= 0.3 is 0 Å². The summed E-state index contributed by atoms with van der Waals surface area (Å²) in [6, 6.07) is 4.93. The van der Waals surface area contributed by atoms with Gasteiger partial charge in [0, 0.05) is 19.1 Å². The van der Waals surface area contributed by atoms with Gasteiger partial charge in [0.25, 0.3) is 5.91 Å². The molecule has 1 saturated heterocycles. The SMILES string of the molecule is CCCN1CCC(NC(=O)c2cccc(Br)c2F)CC1. The predicted octanol–water partition coefficient (Wildman–Crippen LogP) is 3.19. The fourth-order valence-corrected chi connectivity index (χ4v) is 2.93. The van der Waals surface area contributed by atoms with Crippen molar-refractivity contribution >= 4 is 21.8 Å². The van der Waals surface area contributed by atoms with E-state index in [0.29, 0.717) is 4.47 Å². The number of halogens is 2. The molecule has 1 fully saturated rings. The number of amides is 1. The molecule has 0 radical (unpaired) electrons. The van der Waals surface area contributed by atoms with Crippen LogP contribution in [0.3, 0.4) is 0 Å². The van der Waals surface area contributed by atoms with Crippen LogP contribution in [0.1, 0.15) is 36.5 Å². The molecule has 110 valence electrons. The lowest BCUT2D eigenvalue weighted by Crippen LogP contribution is -2.44. The maximum atomic E-state index is 13.9. The number of carbonyl (C=O) groups is 1. The first-order valence-electron chi connectivity index (χ1n) is 7.09. The number of carbonyl (C=O) groups excluding carboxylic acids is 1. The summed E-state index contributed by atoms with van der Waals surface area (Å²) < 4.78 is 14.2. The molecule has 0 atom stereocenters. The summed E-state index contributed by atoms with van der Waals surface area (Å²) in [7, 11) is 0. The normalized spacial score (nSPS) is 17.1. The topological polar surface area (TPSA) is 32.3 Å². The van der Waals surface area contributed by atoms with E-state index < -0.39 is 5.82 Å². The summed E-state index contributed by atoms with van der Waals surface area (Å²) in [6.07, 6.45) is 3.02. The fourth-order valence-electron chi connectivity index (χ4n) is 2.56. The van der Waals surface area contributed by atoms with Gasteiger partial charge in [0.2, 0.25) is 0 Å². The highest BCUT2D eigenvalue weighted by atomic mass is 79.9. The van der Waals surface area contributed by atoms with Crippen molar-refractivity contribution in [1.29, 1.82) is 0 Å².